The van der Waals surface area contributed by atoms with Crippen molar-refractivity contribution in [2.75, 3.05) is 11.9 Å². The summed E-state index contributed by atoms with van der Waals surface area (Å²) in [4.78, 5) is 20.6. The maximum absolute atomic E-state index is 12.2. The largest absolute Gasteiger partial charge is 0.462 e. The van der Waals surface area contributed by atoms with E-state index in [2.05, 4.69) is 27.4 Å². The number of hydrogen-bond donors (Lipinski definition) is 1. The van der Waals surface area contributed by atoms with E-state index < -0.39 is 5.97 Å². The van der Waals surface area contributed by atoms with Crippen LogP contribution in [0, 0.1) is 13.8 Å². The monoisotopic (exact) mass is 325 g/mol. The van der Waals surface area contributed by atoms with Gasteiger partial charge in [0.05, 0.1) is 12.0 Å². The van der Waals surface area contributed by atoms with Crippen molar-refractivity contribution in [3.63, 3.8) is 0 Å². The van der Waals surface area contributed by atoms with E-state index >= 15 is 0 Å². The van der Waals surface area contributed by atoms with Crippen molar-refractivity contribution >= 4 is 22.9 Å². The molecule has 0 aliphatic heterocycles. The summed E-state index contributed by atoms with van der Waals surface area (Å²) in [6, 6.07) is 8.21. The third-order valence-corrected chi connectivity index (χ3v) is 3.72. The van der Waals surface area contributed by atoms with E-state index in [1.165, 1.54) is 11.9 Å². The lowest BCUT2D eigenvalue weighted by molar-refractivity contribution is 0.0526. The molecule has 3 aromatic rings. The Bertz CT molecular complexity index is 869. The van der Waals surface area contributed by atoms with Crippen molar-refractivity contribution in [3.8, 4) is 0 Å². The van der Waals surface area contributed by atoms with Gasteiger partial charge in [-0.3, -0.25) is 0 Å². The Labute approximate surface area is 139 Å². The number of ether oxygens (including phenoxy) is 1. The van der Waals surface area contributed by atoms with Crippen LogP contribution in [0.5, 0.6) is 0 Å². The Hall–Kier alpha value is -2.89. The van der Waals surface area contributed by atoms with Crippen LogP contribution in [0.2, 0.25) is 0 Å². The van der Waals surface area contributed by atoms with Crippen LogP contribution in [0.1, 0.15) is 34.2 Å². The molecule has 0 amide bonds. The van der Waals surface area contributed by atoms with Crippen LogP contribution in [-0.4, -0.2) is 22.5 Å². The van der Waals surface area contributed by atoms with Crippen LogP contribution in [0.4, 0.5) is 5.82 Å². The molecule has 0 spiro atoms. The fourth-order valence-electron chi connectivity index (χ4n) is 2.52. The van der Waals surface area contributed by atoms with Crippen molar-refractivity contribution in [1.29, 1.82) is 0 Å². The van der Waals surface area contributed by atoms with Crippen molar-refractivity contribution in [2.45, 2.75) is 27.3 Å². The molecule has 0 radical (unpaired) electrons. The zero-order chi connectivity index (χ0) is 17.1. The first-order valence-corrected chi connectivity index (χ1v) is 7.80. The van der Waals surface area contributed by atoms with Gasteiger partial charge in [-0.15, -0.1) is 0 Å². The van der Waals surface area contributed by atoms with Gasteiger partial charge in [0.25, 0.3) is 0 Å². The van der Waals surface area contributed by atoms with E-state index in [9.17, 15) is 4.79 Å². The Morgan fingerprint density at radius 2 is 1.96 bits per heavy atom. The number of nitrogens with zero attached hydrogens (tertiary/aromatic N) is 2. The van der Waals surface area contributed by atoms with Gasteiger partial charge in [0.2, 0.25) is 5.71 Å². The lowest BCUT2D eigenvalue weighted by Gasteiger charge is -2.08. The number of anilines is 1. The number of aryl methyl sites for hydroxylation is 2. The predicted octanol–water partition coefficient (Wildman–Crippen LogP) is 3.63. The molecule has 1 aromatic carbocycles. The van der Waals surface area contributed by atoms with Gasteiger partial charge in [-0.25, -0.2) is 14.8 Å². The number of fused-ring (bicyclic) bond motifs is 1. The number of benzene rings is 1. The molecule has 2 heterocycles. The number of carbonyl (C=O) groups is 1. The van der Waals surface area contributed by atoms with Gasteiger partial charge in [-0.2, -0.15) is 0 Å². The molecular formula is C18H19N3O3. The first kappa shape index (κ1) is 16.0. The molecule has 3 rings (SSSR count). The highest BCUT2D eigenvalue weighted by molar-refractivity contribution is 6.07. The van der Waals surface area contributed by atoms with E-state index in [1.54, 1.807) is 13.8 Å². The minimum atomic E-state index is -0.429. The summed E-state index contributed by atoms with van der Waals surface area (Å²) in [5.74, 6) is 0.602. The second kappa shape index (κ2) is 6.70. The standard InChI is InChI=1S/C18H19N3O3/c1-4-23-18(22)14-12(3)24-17-15(14)16(20-10-21-17)19-9-13-7-5-11(2)6-8-13/h5-8,10H,4,9H2,1-3H3,(H,19,20,21). The summed E-state index contributed by atoms with van der Waals surface area (Å²) in [6.45, 7) is 6.41. The first-order valence-electron chi connectivity index (χ1n) is 7.80. The molecule has 0 unspecified atom stereocenters. The van der Waals surface area contributed by atoms with Gasteiger partial charge >= 0.3 is 5.97 Å². The number of carbonyl (C=O) groups excluding carboxylic acids is 1. The van der Waals surface area contributed by atoms with Gasteiger partial charge in [0, 0.05) is 6.54 Å². The Morgan fingerprint density at radius 3 is 2.67 bits per heavy atom. The zero-order valence-corrected chi connectivity index (χ0v) is 13.9. The minimum absolute atomic E-state index is 0.296. The van der Waals surface area contributed by atoms with Gasteiger partial charge in [-0.1, -0.05) is 29.8 Å². The Kier molecular flexibility index (Phi) is 4.46. The predicted molar refractivity (Wildman–Crippen MR) is 91.0 cm³/mol. The minimum Gasteiger partial charge on any atom is -0.462 e. The van der Waals surface area contributed by atoms with Crippen LogP contribution in [0.3, 0.4) is 0 Å². The maximum Gasteiger partial charge on any atom is 0.342 e. The van der Waals surface area contributed by atoms with Crippen molar-refractivity contribution < 1.29 is 13.9 Å². The third-order valence-electron chi connectivity index (χ3n) is 3.72. The third kappa shape index (κ3) is 3.08. The van der Waals surface area contributed by atoms with Crippen molar-refractivity contribution in [2.24, 2.45) is 0 Å². The average Bonchev–Trinajstić information content (AvgIpc) is 2.91. The van der Waals surface area contributed by atoms with Crippen LogP contribution < -0.4 is 5.32 Å². The van der Waals surface area contributed by atoms with Crippen LogP contribution >= 0.6 is 0 Å². The van der Waals surface area contributed by atoms with Gasteiger partial charge in [-0.05, 0) is 26.3 Å². The highest BCUT2D eigenvalue weighted by Gasteiger charge is 2.23. The first-order chi connectivity index (χ1) is 11.6. The number of nitrogens with one attached hydrogen (secondary N) is 1. The van der Waals surface area contributed by atoms with Gasteiger partial charge in [0.1, 0.15) is 23.5 Å². The number of esters is 1. The van der Waals surface area contributed by atoms with Crippen molar-refractivity contribution in [3.05, 3.63) is 53.0 Å². The van der Waals surface area contributed by atoms with Crippen LogP contribution in [0.15, 0.2) is 35.0 Å². The SMILES string of the molecule is CCOC(=O)c1c(C)oc2ncnc(NCc3ccc(C)cc3)c12. The lowest BCUT2D eigenvalue weighted by Crippen LogP contribution is -2.08. The highest BCUT2D eigenvalue weighted by atomic mass is 16.5. The number of aromatic nitrogens is 2. The lowest BCUT2D eigenvalue weighted by atomic mass is 10.1. The molecule has 24 heavy (non-hydrogen) atoms. The quantitative estimate of drug-likeness (QED) is 0.722. The number of rotatable bonds is 5. The molecule has 0 saturated carbocycles. The van der Waals surface area contributed by atoms with Crippen LogP contribution in [0.25, 0.3) is 11.1 Å². The molecule has 1 N–H and O–H groups in total. The summed E-state index contributed by atoms with van der Waals surface area (Å²) in [5, 5.41) is 3.81. The molecule has 124 valence electrons. The molecule has 6 nitrogen and oxygen atoms in total. The van der Waals surface area contributed by atoms with E-state index in [1.807, 2.05) is 19.1 Å². The molecule has 0 saturated heterocycles. The number of hydrogen-bond acceptors (Lipinski definition) is 6. The topological polar surface area (TPSA) is 77.2 Å². The van der Waals surface area contributed by atoms with Gasteiger partial charge in [0.15, 0.2) is 0 Å². The molecule has 0 aliphatic rings. The smallest absolute Gasteiger partial charge is 0.342 e. The molecule has 2 aromatic heterocycles. The van der Waals surface area contributed by atoms with Gasteiger partial charge < -0.3 is 14.5 Å². The van der Waals surface area contributed by atoms with E-state index in [0.29, 0.717) is 41.4 Å². The zero-order valence-electron chi connectivity index (χ0n) is 13.9. The normalized spacial score (nSPS) is 10.8. The average molecular weight is 325 g/mol. The highest BCUT2D eigenvalue weighted by Crippen LogP contribution is 2.29. The summed E-state index contributed by atoms with van der Waals surface area (Å²) in [6.07, 6.45) is 1.41. The maximum atomic E-state index is 12.2. The van der Waals surface area contributed by atoms with E-state index in [0.717, 1.165) is 5.56 Å². The molecule has 0 bridgehead atoms. The fourth-order valence-corrected chi connectivity index (χ4v) is 2.52. The second-order valence-corrected chi connectivity index (χ2v) is 5.50. The van der Waals surface area contributed by atoms with Crippen LogP contribution in [-0.2, 0) is 11.3 Å². The summed E-state index contributed by atoms with van der Waals surface area (Å²) >= 11 is 0. The van der Waals surface area contributed by atoms with E-state index in [4.69, 9.17) is 9.15 Å². The van der Waals surface area contributed by atoms with E-state index in [-0.39, 0.29) is 0 Å². The number of furan rings is 1. The molecule has 0 atom stereocenters. The fraction of sp³-hybridized carbons (Fsp3) is 0.278. The molecule has 0 aliphatic carbocycles. The van der Waals surface area contributed by atoms with Crippen molar-refractivity contribution in [1.82, 2.24) is 9.97 Å². The summed E-state index contributed by atoms with van der Waals surface area (Å²) in [7, 11) is 0. The Balaban J connectivity index is 1.95. The molecule has 0 fully saturated rings. The molecular weight excluding hydrogens is 306 g/mol. The summed E-state index contributed by atoms with van der Waals surface area (Å²) < 4.78 is 10.7. The second-order valence-electron chi connectivity index (χ2n) is 5.50. The molecule has 6 heteroatoms. The Morgan fingerprint density at radius 1 is 1.21 bits per heavy atom. The summed E-state index contributed by atoms with van der Waals surface area (Å²) in [5.41, 5.74) is 3.07.